The first kappa shape index (κ1) is 16.2. The smallest absolute Gasteiger partial charge is 0.261 e. The Labute approximate surface area is 130 Å². The Morgan fingerprint density at radius 2 is 1.32 bits per heavy atom. The van der Waals surface area contributed by atoms with E-state index in [4.69, 9.17) is 0 Å². The largest absolute Gasteiger partial charge is 0.389 e. The van der Waals surface area contributed by atoms with Gasteiger partial charge in [-0.25, -0.2) is 0 Å². The van der Waals surface area contributed by atoms with Gasteiger partial charge in [0.25, 0.3) is 5.91 Å². The molecule has 0 saturated heterocycles. The number of aliphatic hydroxyl groups is 2. The summed E-state index contributed by atoms with van der Waals surface area (Å²) in [5.74, 6) is -0.563. The molecule has 22 heavy (non-hydrogen) atoms. The SMILES string of the molecule is CC(C)(O)CNC(=O)C(O)(c1ccccc1)c1ccccc1. The van der Waals surface area contributed by atoms with Gasteiger partial charge in [0.2, 0.25) is 0 Å². The highest BCUT2D eigenvalue weighted by molar-refractivity contribution is 5.90. The molecule has 2 rings (SSSR count). The molecule has 1 amide bonds. The van der Waals surface area contributed by atoms with E-state index in [1.165, 1.54) is 0 Å². The maximum absolute atomic E-state index is 12.6. The number of hydrogen-bond acceptors (Lipinski definition) is 3. The average molecular weight is 299 g/mol. The van der Waals surface area contributed by atoms with E-state index < -0.39 is 17.1 Å². The fourth-order valence-corrected chi connectivity index (χ4v) is 2.21. The second kappa shape index (κ2) is 6.30. The van der Waals surface area contributed by atoms with Gasteiger partial charge in [-0.15, -0.1) is 0 Å². The lowest BCUT2D eigenvalue weighted by molar-refractivity contribution is -0.137. The molecule has 0 radical (unpaired) electrons. The zero-order valence-corrected chi connectivity index (χ0v) is 12.8. The monoisotopic (exact) mass is 299 g/mol. The van der Waals surface area contributed by atoms with Crippen LogP contribution >= 0.6 is 0 Å². The van der Waals surface area contributed by atoms with Crippen molar-refractivity contribution in [2.24, 2.45) is 0 Å². The van der Waals surface area contributed by atoms with Gasteiger partial charge in [-0.1, -0.05) is 60.7 Å². The maximum Gasteiger partial charge on any atom is 0.261 e. The van der Waals surface area contributed by atoms with Crippen molar-refractivity contribution in [1.82, 2.24) is 5.32 Å². The number of nitrogens with one attached hydrogen (secondary N) is 1. The molecule has 0 aliphatic rings. The third-order valence-electron chi connectivity index (χ3n) is 3.39. The molecule has 0 bridgehead atoms. The summed E-state index contributed by atoms with van der Waals surface area (Å²) in [5, 5.41) is 23.5. The van der Waals surface area contributed by atoms with Crippen LogP contribution in [0, 0.1) is 0 Å². The zero-order chi connectivity index (χ0) is 16.2. The highest BCUT2D eigenvalue weighted by Crippen LogP contribution is 2.29. The Bertz CT molecular complexity index is 578. The Morgan fingerprint density at radius 3 is 1.68 bits per heavy atom. The molecule has 4 heteroatoms. The minimum absolute atomic E-state index is 0.0494. The van der Waals surface area contributed by atoms with Crippen molar-refractivity contribution in [3.8, 4) is 0 Å². The predicted molar refractivity (Wildman–Crippen MR) is 85.2 cm³/mol. The molecule has 0 saturated carbocycles. The van der Waals surface area contributed by atoms with Crippen LogP contribution in [0.3, 0.4) is 0 Å². The van der Waals surface area contributed by atoms with E-state index in [1.807, 2.05) is 12.1 Å². The van der Waals surface area contributed by atoms with Crippen LogP contribution in [0.1, 0.15) is 25.0 Å². The van der Waals surface area contributed by atoms with Gasteiger partial charge >= 0.3 is 0 Å². The van der Waals surface area contributed by atoms with Crippen molar-refractivity contribution in [1.29, 1.82) is 0 Å². The van der Waals surface area contributed by atoms with Crippen LogP contribution in [0.2, 0.25) is 0 Å². The topological polar surface area (TPSA) is 69.6 Å². The summed E-state index contributed by atoms with van der Waals surface area (Å²) in [6.07, 6.45) is 0. The Hall–Kier alpha value is -2.17. The molecule has 0 aromatic heterocycles. The summed E-state index contributed by atoms with van der Waals surface area (Å²) in [6, 6.07) is 17.5. The summed E-state index contributed by atoms with van der Waals surface area (Å²) in [4.78, 5) is 12.6. The third kappa shape index (κ3) is 3.53. The Kier molecular flexibility index (Phi) is 4.64. The highest BCUT2D eigenvalue weighted by Gasteiger charge is 2.40. The molecule has 2 aromatic rings. The lowest BCUT2D eigenvalue weighted by Gasteiger charge is -2.29. The second-order valence-electron chi connectivity index (χ2n) is 5.94. The molecule has 0 spiro atoms. The van der Waals surface area contributed by atoms with E-state index in [0.29, 0.717) is 11.1 Å². The van der Waals surface area contributed by atoms with Gasteiger partial charge in [0.1, 0.15) is 0 Å². The number of amides is 1. The molecule has 0 aliphatic heterocycles. The van der Waals surface area contributed by atoms with Gasteiger partial charge in [-0.3, -0.25) is 4.79 Å². The molecule has 0 atom stereocenters. The van der Waals surface area contributed by atoms with Gasteiger partial charge in [0.15, 0.2) is 5.60 Å². The highest BCUT2D eigenvalue weighted by atomic mass is 16.3. The fraction of sp³-hybridized carbons (Fsp3) is 0.278. The van der Waals surface area contributed by atoms with E-state index in [9.17, 15) is 15.0 Å². The summed E-state index contributed by atoms with van der Waals surface area (Å²) in [5.41, 5.74) is -1.89. The molecule has 2 aromatic carbocycles. The Morgan fingerprint density at radius 1 is 0.909 bits per heavy atom. The first-order chi connectivity index (χ1) is 10.3. The van der Waals surface area contributed by atoms with Crippen LogP contribution in [-0.4, -0.2) is 28.3 Å². The second-order valence-corrected chi connectivity index (χ2v) is 5.94. The number of benzene rings is 2. The van der Waals surface area contributed by atoms with Gasteiger partial charge < -0.3 is 15.5 Å². The van der Waals surface area contributed by atoms with Gasteiger partial charge in [0.05, 0.1) is 5.60 Å². The molecule has 3 N–H and O–H groups in total. The fourth-order valence-electron chi connectivity index (χ4n) is 2.21. The van der Waals surface area contributed by atoms with Crippen molar-refractivity contribution < 1.29 is 15.0 Å². The Balaban J connectivity index is 2.41. The van der Waals surface area contributed by atoms with Crippen LogP contribution < -0.4 is 5.32 Å². The predicted octanol–water partition coefficient (Wildman–Crippen LogP) is 1.81. The number of carbonyl (C=O) groups is 1. The molecular formula is C18H21NO3. The van der Waals surface area contributed by atoms with E-state index in [1.54, 1.807) is 62.4 Å². The average Bonchev–Trinajstić information content (AvgIpc) is 2.52. The van der Waals surface area contributed by atoms with E-state index >= 15 is 0 Å². The van der Waals surface area contributed by atoms with Crippen LogP contribution in [0.4, 0.5) is 0 Å². The van der Waals surface area contributed by atoms with E-state index in [2.05, 4.69) is 5.32 Å². The summed E-state index contributed by atoms with van der Waals surface area (Å²) >= 11 is 0. The normalized spacial score (nSPS) is 12.0. The zero-order valence-electron chi connectivity index (χ0n) is 12.8. The molecule has 4 nitrogen and oxygen atoms in total. The van der Waals surface area contributed by atoms with Gasteiger partial charge in [-0.2, -0.15) is 0 Å². The lowest BCUT2D eigenvalue weighted by Crippen LogP contribution is -2.49. The molecule has 0 aliphatic carbocycles. The first-order valence-corrected chi connectivity index (χ1v) is 7.18. The molecular weight excluding hydrogens is 278 g/mol. The third-order valence-corrected chi connectivity index (χ3v) is 3.39. The minimum Gasteiger partial charge on any atom is -0.389 e. The van der Waals surface area contributed by atoms with E-state index in [0.717, 1.165) is 0 Å². The van der Waals surface area contributed by atoms with Crippen molar-refractivity contribution in [2.75, 3.05) is 6.54 Å². The van der Waals surface area contributed by atoms with Crippen LogP contribution in [0.5, 0.6) is 0 Å². The molecule has 0 fully saturated rings. The quantitative estimate of drug-likeness (QED) is 0.788. The van der Waals surface area contributed by atoms with Crippen molar-refractivity contribution in [2.45, 2.75) is 25.0 Å². The van der Waals surface area contributed by atoms with Crippen LogP contribution in [0.15, 0.2) is 60.7 Å². The van der Waals surface area contributed by atoms with Gasteiger partial charge in [0, 0.05) is 6.54 Å². The first-order valence-electron chi connectivity index (χ1n) is 7.18. The van der Waals surface area contributed by atoms with E-state index in [-0.39, 0.29) is 6.54 Å². The summed E-state index contributed by atoms with van der Waals surface area (Å²) in [6.45, 7) is 3.24. The lowest BCUT2D eigenvalue weighted by atomic mass is 9.85. The maximum atomic E-state index is 12.6. The molecule has 116 valence electrons. The molecule has 0 heterocycles. The number of hydrogen-bond donors (Lipinski definition) is 3. The summed E-state index contributed by atoms with van der Waals surface area (Å²) in [7, 11) is 0. The van der Waals surface area contributed by atoms with Crippen LogP contribution in [0.25, 0.3) is 0 Å². The van der Waals surface area contributed by atoms with Gasteiger partial charge in [-0.05, 0) is 25.0 Å². The van der Waals surface area contributed by atoms with Crippen molar-refractivity contribution in [3.05, 3.63) is 71.8 Å². The van der Waals surface area contributed by atoms with Crippen molar-refractivity contribution >= 4 is 5.91 Å². The number of carbonyl (C=O) groups excluding carboxylic acids is 1. The molecule has 0 unspecified atom stereocenters. The standard InChI is InChI=1S/C18H21NO3/c1-17(2,21)13-19-16(20)18(22,14-9-5-3-6-10-14)15-11-7-4-8-12-15/h3-12,21-22H,13H2,1-2H3,(H,19,20). The minimum atomic E-state index is -1.80. The van der Waals surface area contributed by atoms with Crippen molar-refractivity contribution in [3.63, 3.8) is 0 Å². The number of rotatable bonds is 5. The van der Waals surface area contributed by atoms with Crippen LogP contribution in [-0.2, 0) is 10.4 Å². The summed E-state index contributed by atoms with van der Waals surface area (Å²) < 4.78 is 0.